The third-order valence-corrected chi connectivity index (χ3v) is 13.4. The maximum atomic E-state index is 6.39. The molecular weight excluding hydrogens is 799 g/mol. The summed E-state index contributed by atoms with van der Waals surface area (Å²) in [5.41, 5.74) is 14.5. The molecular formula is C64H41NO. The van der Waals surface area contributed by atoms with Gasteiger partial charge in [0.05, 0.1) is 5.69 Å². The first-order valence-corrected chi connectivity index (χ1v) is 22.7. The van der Waals surface area contributed by atoms with E-state index in [-0.39, 0.29) is 0 Å². The van der Waals surface area contributed by atoms with Gasteiger partial charge in [0.2, 0.25) is 0 Å². The fraction of sp³-hybridized carbons (Fsp3) is 0. The Bertz CT molecular complexity index is 3970. The van der Waals surface area contributed by atoms with E-state index in [1.165, 1.54) is 65.3 Å². The maximum Gasteiger partial charge on any atom is 0.143 e. The molecule has 0 amide bonds. The van der Waals surface area contributed by atoms with Crippen LogP contribution in [0.2, 0.25) is 0 Å². The van der Waals surface area contributed by atoms with Crippen molar-refractivity contribution in [1.29, 1.82) is 0 Å². The second-order valence-corrected chi connectivity index (χ2v) is 17.2. The van der Waals surface area contributed by atoms with Crippen LogP contribution >= 0.6 is 0 Å². The summed E-state index contributed by atoms with van der Waals surface area (Å²) in [4.78, 5) is 2.42. The highest BCUT2D eigenvalue weighted by atomic mass is 16.3. The monoisotopic (exact) mass is 839 g/mol. The molecule has 13 aromatic rings. The molecule has 0 fully saturated rings. The quantitative estimate of drug-likeness (QED) is 0.149. The number of rotatable bonds is 7. The van der Waals surface area contributed by atoms with Crippen LogP contribution in [0.25, 0.3) is 110 Å². The summed E-state index contributed by atoms with van der Waals surface area (Å²) >= 11 is 0. The summed E-state index contributed by atoms with van der Waals surface area (Å²) in [6.45, 7) is 0. The van der Waals surface area contributed by atoms with Crippen LogP contribution in [0.1, 0.15) is 0 Å². The summed E-state index contributed by atoms with van der Waals surface area (Å²) in [6.07, 6.45) is 0. The molecule has 0 unspecified atom stereocenters. The van der Waals surface area contributed by atoms with Crippen molar-refractivity contribution in [2.75, 3.05) is 4.90 Å². The second-order valence-electron chi connectivity index (χ2n) is 17.2. The molecule has 0 atom stereocenters. The minimum atomic E-state index is 0.911. The van der Waals surface area contributed by atoms with E-state index in [1.807, 2.05) is 12.1 Å². The molecule has 0 saturated heterocycles. The Kier molecular flexibility index (Phi) is 8.89. The van der Waals surface area contributed by atoms with E-state index in [1.54, 1.807) is 0 Å². The SMILES string of the molecule is c1ccc2cc(-c3c(-c4ccc(N(c5ccc(-c6ccc(-c7cccc8c7oc7ccccc78)cc6)cc5)c5cc6ccccc6c6ccccc56)cc4)ccc4ccccc34)ccc2c1. The molecule has 12 aromatic carbocycles. The van der Waals surface area contributed by atoms with Crippen molar-refractivity contribution in [3.05, 3.63) is 249 Å². The highest BCUT2D eigenvalue weighted by Gasteiger charge is 2.20. The van der Waals surface area contributed by atoms with E-state index in [4.69, 9.17) is 4.42 Å². The van der Waals surface area contributed by atoms with E-state index in [2.05, 4.69) is 241 Å². The molecule has 0 bridgehead atoms. The average molecular weight is 840 g/mol. The highest BCUT2D eigenvalue weighted by molar-refractivity contribution is 6.15. The summed E-state index contributed by atoms with van der Waals surface area (Å²) in [6, 6.07) is 90.4. The normalized spacial score (nSPS) is 11.6. The van der Waals surface area contributed by atoms with Crippen molar-refractivity contribution in [2.24, 2.45) is 0 Å². The molecule has 0 radical (unpaired) electrons. The average Bonchev–Trinajstić information content (AvgIpc) is 3.78. The van der Waals surface area contributed by atoms with Gasteiger partial charge in [-0.1, -0.05) is 206 Å². The fourth-order valence-electron chi connectivity index (χ4n) is 10.2. The van der Waals surface area contributed by atoms with E-state index < -0.39 is 0 Å². The summed E-state index contributed by atoms with van der Waals surface area (Å²) < 4.78 is 6.39. The Labute approximate surface area is 382 Å². The van der Waals surface area contributed by atoms with E-state index in [0.29, 0.717) is 0 Å². The van der Waals surface area contributed by atoms with Crippen LogP contribution in [0.3, 0.4) is 0 Å². The number of fused-ring (bicyclic) bond motifs is 8. The lowest BCUT2D eigenvalue weighted by Gasteiger charge is -2.28. The fourth-order valence-corrected chi connectivity index (χ4v) is 10.2. The van der Waals surface area contributed by atoms with Crippen molar-refractivity contribution in [1.82, 2.24) is 0 Å². The smallest absolute Gasteiger partial charge is 0.143 e. The predicted octanol–water partition coefficient (Wildman–Crippen LogP) is 18.3. The van der Waals surface area contributed by atoms with Crippen LogP contribution in [-0.4, -0.2) is 0 Å². The molecule has 13 rings (SSSR count). The molecule has 66 heavy (non-hydrogen) atoms. The second kappa shape index (κ2) is 15.5. The zero-order valence-corrected chi connectivity index (χ0v) is 36.0. The molecule has 0 spiro atoms. The molecule has 1 heterocycles. The molecule has 0 aliphatic carbocycles. The van der Waals surface area contributed by atoms with Gasteiger partial charge >= 0.3 is 0 Å². The van der Waals surface area contributed by atoms with Crippen molar-refractivity contribution in [3.63, 3.8) is 0 Å². The number of nitrogens with zero attached hydrogens (tertiary/aromatic N) is 1. The van der Waals surface area contributed by atoms with Crippen LogP contribution in [0, 0.1) is 0 Å². The zero-order valence-electron chi connectivity index (χ0n) is 36.0. The molecule has 0 aliphatic heterocycles. The number of hydrogen-bond donors (Lipinski definition) is 0. The lowest BCUT2D eigenvalue weighted by molar-refractivity contribution is 0.670. The van der Waals surface area contributed by atoms with Crippen molar-refractivity contribution < 1.29 is 4.42 Å². The van der Waals surface area contributed by atoms with Gasteiger partial charge in [-0.15, -0.1) is 0 Å². The molecule has 308 valence electrons. The van der Waals surface area contributed by atoms with E-state index in [9.17, 15) is 0 Å². The first-order chi connectivity index (χ1) is 32.7. The van der Waals surface area contributed by atoms with Gasteiger partial charge in [0.25, 0.3) is 0 Å². The molecule has 0 aliphatic rings. The van der Waals surface area contributed by atoms with Crippen molar-refractivity contribution in [2.45, 2.75) is 0 Å². The van der Waals surface area contributed by atoms with Crippen LogP contribution in [0.4, 0.5) is 17.1 Å². The minimum absolute atomic E-state index is 0.911. The minimum Gasteiger partial charge on any atom is -0.455 e. The standard InChI is InChI=1S/C64H41NO/c1-2-14-48-40-50(29-26-42(48)12-1)63-54-17-6-3-13-45(54)34-39-55(63)46-32-37-52(38-33-46)65(61-41-49-15-4-5-16-53(49)57-18-7-8-19-58(57)61)51-35-30-44(31-36-51)43-24-27-47(28-25-43)56-21-11-22-60-59-20-9-10-23-62(59)66-64(56)60/h1-41H. The highest BCUT2D eigenvalue weighted by Crippen LogP contribution is 2.45. The maximum absolute atomic E-state index is 6.39. The summed E-state index contributed by atoms with van der Waals surface area (Å²) in [5.74, 6) is 0. The topological polar surface area (TPSA) is 16.4 Å². The summed E-state index contributed by atoms with van der Waals surface area (Å²) in [7, 11) is 0. The van der Waals surface area contributed by atoms with Gasteiger partial charge in [-0.2, -0.15) is 0 Å². The van der Waals surface area contributed by atoms with Gasteiger partial charge < -0.3 is 9.32 Å². The van der Waals surface area contributed by atoms with Gasteiger partial charge in [-0.25, -0.2) is 0 Å². The van der Waals surface area contributed by atoms with Crippen LogP contribution in [0.5, 0.6) is 0 Å². The van der Waals surface area contributed by atoms with Crippen LogP contribution in [-0.2, 0) is 0 Å². The predicted molar refractivity (Wildman–Crippen MR) is 280 cm³/mol. The number of para-hydroxylation sites is 2. The van der Waals surface area contributed by atoms with Crippen molar-refractivity contribution in [3.8, 4) is 44.5 Å². The third-order valence-electron chi connectivity index (χ3n) is 13.4. The zero-order chi connectivity index (χ0) is 43.6. The third kappa shape index (κ3) is 6.34. The van der Waals surface area contributed by atoms with Crippen molar-refractivity contribution >= 4 is 82.1 Å². The number of benzene rings is 12. The summed E-state index contributed by atoms with van der Waals surface area (Å²) in [5, 5.41) is 12.1. The Hall–Kier alpha value is -8.72. The van der Waals surface area contributed by atoms with Gasteiger partial charge in [0.1, 0.15) is 11.2 Å². The van der Waals surface area contributed by atoms with Gasteiger partial charge in [0.15, 0.2) is 0 Å². The Balaban J connectivity index is 0.911. The molecule has 1 aromatic heterocycles. The Morgan fingerprint density at radius 2 is 0.788 bits per heavy atom. The lowest BCUT2D eigenvalue weighted by atomic mass is 9.89. The molecule has 0 N–H and O–H groups in total. The molecule has 2 heteroatoms. The van der Waals surface area contributed by atoms with Gasteiger partial charge in [-0.05, 0) is 119 Å². The van der Waals surface area contributed by atoms with Crippen LogP contribution in [0.15, 0.2) is 253 Å². The van der Waals surface area contributed by atoms with Gasteiger partial charge in [0, 0.05) is 33.1 Å². The first-order valence-electron chi connectivity index (χ1n) is 22.7. The lowest BCUT2D eigenvalue weighted by Crippen LogP contribution is -2.10. The Morgan fingerprint density at radius 1 is 0.273 bits per heavy atom. The molecule has 2 nitrogen and oxygen atoms in total. The van der Waals surface area contributed by atoms with E-state index in [0.717, 1.165) is 61.3 Å². The first kappa shape index (κ1) is 37.8. The number of anilines is 3. The largest absolute Gasteiger partial charge is 0.455 e. The van der Waals surface area contributed by atoms with Crippen LogP contribution < -0.4 is 4.90 Å². The van der Waals surface area contributed by atoms with Gasteiger partial charge in [-0.3, -0.25) is 0 Å². The number of hydrogen-bond acceptors (Lipinski definition) is 2. The van der Waals surface area contributed by atoms with E-state index >= 15 is 0 Å². The Morgan fingerprint density at radius 3 is 1.55 bits per heavy atom. The number of furan rings is 1. The molecule has 0 saturated carbocycles.